The summed E-state index contributed by atoms with van der Waals surface area (Å²) in [6, 6.07) is 9.03. The van der Waals surface area contributed by atoms with Crippen LogP contribution in [-0.4, -0.2) is 29.2 Å². The fraction of sp³-hybridized carbons (Fsp3) is 0.333. The summed E-state index contributed by atoms with van der Waals surface area (Å²) in [6.07, 6.45) is 0. The van der Waals surface area contributed by atoms with Crippen molar-refractivity contribution in [1.29, 1.82) is 10.7 Å². The Morgan fingerprint density at radius 3 is 2.64 bits per heavy atom. The highest BCUT2D eigenvalue weighted by Crippen LogP contribution is 2.44. The fourth-order valence-electron chi connectivity index (χ4n) is 3.09. The number of carbonyl (C=O) groups excluding carboxylic acids is 1. The van der Waals surface area contributed by atoms with Gasteiger partial charge in [-0.25, -0.2) is 4.79 Å². The van der Waals surface area contributed by atoms with E-state index in [1.54, 1.807) is 24.3 Å². The van der Waals surface area contributed by atoms with E-state index < -0.39 is 11.9 Å². The maximum Gasteiger partial charge on any atom is 0.337 e. The second-order valence-electron chi connectivity index (χ2n) is 6.18. The van der Waals surface area contributed by atoms with Crippen molar-refractivity contribution in [3.8, 4) is 11.9 Å². The first-order chi connectivity index (χ1) is 12.0. The molecule has 1 aliphatic heterocycles. The van der Waals surface area contributed by atoms with E-state index in [0.717, 1.165) is 16.8 Å². The number of fused-ring (bicyclic) bond motifs is 1. The Kier molecular flexibility index (Phi) is 4.28. The third kappa shape index (κ3) is 2.76. The third-order valence-electron chi connectivity index (χ3n) is 4.34. The number of esters is 1. The van der Waals surface area contributed by atoms with Crippen LogP contribution in [0.2, 0.25) is 0 Å². The van der Waals surface area contributed by atoms with Crippen molar-refractivity contribution >= 4 is 11.9 Å². The first-order valence-corrected chi connectivity index (χ1v) is 7.90. The van der Waals surface area contributed by atoms with Gasteiger partial charge in [-0.15, -0.1) is 5.10 Å². The lowest BCUT2D eigenvalue weighted by Crippen LogP contribution is -2.31. The van der Waals surface area contributed by atoms with Gasteiger partial charge in [0.1, 0.15) is 5.92 Å². The smallest absolute Gasteiger partial charge is 0.337 e. The summed E-state index contributed by atoms with van der Waals surface area (Å²) >= 11 is 0. The number of H-pyrrole nitrogens is 1. The Morgan fingerprint density at radius 1 is 1.40 bits per heavy atom. The second-order valence-corrected chi connectivity index (χ2v) is 6.18. The molecule has 0 spiro atoms. The SMILES string of the molecule is COC(=O)c1ccc(C2c3c(n[nH]c3C(C)C)OC(=N)C2C#N)cc1. The molecular weight excluding hydrogens is 320 g/mol. The van der Waals surface area contributed by atoms with Gasteiger partial charge in [0.15, 0.2) is 0 Å². The van der Waals surface area contributed by atoms with Crippen LogP contribution in [0.1, 0.15) is 52.9 Å². The molecule has 25 heavy (non-hydrogen) atoms. The topological polar surface area (TPSA) is 112 Å². The largest absolute Gasteiger partial charge is 0.465 e. The molecular formula is C18H18N4O3. The van der Waals surface area contributed by atoms with Gasteiger partial charge in [-0.05, 0) is 23.6 Å². The maximum atomic E-state index is 11.6. The van der Waals surface area contributed by atoms with Gasteiger partial charge in [-0.3, -0.25) is 10.5 Å². The number of aromatic amines is 1. The number of methoxy groups -OCH3 is 1. The normalized spacial score (nSPS) is 19.1. The Labute approximate surface area is 145 Å². The first-order valence-electron chi connectivity index (χ1n) is 7.90. The van der Waals surface area contributed by atoms with Crippen LogP contribution >= 0.6 is 0 Å². The zero-order valence-corrected chi connectivity index (χ0v) is 14.2. The van der Waals surface area contributed by atoms with E-state index in [-0.39, 0.29) is 17.7 Å². The fourth-order valence-corrected chi connectivity index (χ4v) is 3.09. The molecule has 1 aliphatic rings. The molecule has 0 radical (unpaired) electrons. The van der Waals surface area contributed by atoms with Crippen molar-refractivity contribution in [3.63, 3.8) is 0 Å². The van der Waals surface area contributed by atoms with Gasteiger partial charge >= 0.3 is 5.97 Å². The predicted octanol–water partition coefficient (Wildman–Crippen LogP) is 2.96. The molecule has 0 fully saturated rings. The van der Waals surface area contributed by atoms with Crippen molar-refractivity contribution in [1.82, 2.24) is 10.2 Å². The van der Waals surface area contributed by atoms with Crippen molar-refractivity contribution in [2.45, 2.75) is 25.7 Å². The number of hydrogen-bond donors (Lipinski definition) is 2. The highest BCUT2D eigenvalue weighted by Gasteiger charge is 2.40. The first kappa shape index (κ1) is 16.7. The summed E-state index contributed by atoms with van der Waals surface area (Å²) in [5, 5.41) is 24.8. The van der Waals surface area contributed by atoms with Crippen molar-refractivity contribution in [2.24, 2.45) is 5.92 Å². The molecule has 2 aromatic rings. The van der Waals surface area contributed by atoms with Gasteiger partial charge in [0.25, 0.3) is 0 Å². The Morgan fingerprint density at radius 2 is 2.08 bits per heavy atom. The molecule has 2 N–H and O–H groups in total. The minimum atomic E-state index is -0.758. The summed E-state index contributed by atoms with van der Waals surface area (Å²) in [5.74, 6) is -1.20. The molecule has 128 valence electrons. The number of benzene rings is 1. The van der Waals surface area contributed by atoms with E-state index in [9.17, 15) is 10.1 Å². The number of aromatic nitrogens is 2. The van der Waals surface area contributed by atoms with E-state index in [4.69, 9.17) is 14.9 Å². The number of nitrogens with zero attached hydrogens (tertiary/aromatic N) is 2. The molecule has 0 aliphatic carbocycles. The third-order valence-corrected chi connectivity index (χ3v) is 4.34. The number of nitriles is 1. The molecule has 1 aromatic carbocycles. The molecule has 7 nitrogen and oxygen atoms in total. The summed E-state index contributed by atoms with van der Waals surface area (Å²) in [5.41, 5.74) is 2.92. The lowest BCUT2D eigenvalue weighted by molar-refractivity contribution is 0.0600. The van der Waals surface area contributed by atoms with E-state index in [1.807, 2.05) is 13.8 Å². The number of rotatable bonds is 3. The number of ether oxygens (including phenoxy) is 2. The van der Waals surface area contributed by atoms with Crippen LogP contribution in [0.25, 0.3) is 0 Å². The van der Waals surface area contributed by atoms with Crippen LogP contribution in [0.4, 0.5) is 0 Å². The number of carbonyl (C=O) groups is 1. The van der Waals surface area contributed by atoms with Crippen LogP contribution in [0.5, 0.6) is 5.88 Å². The van der Waals surface area contributed by atoms with Crippen LogP contribution in [0.15, 0.2) is 24.3 Å². The van der Waals surface area contributed by atoms with Gasteiger partial charge in [-0.2, -0.15) is 5.26 Å². The van der Waals surface area contributed by atoms with Crippen molar-refractivity contribution < 1.29 is 14.3 Å². The number of hydrogen-bond acceptors (Lipinski definition) is 6. The Bertz CT molecular complexity index is 861. The van der Waals surface area contributed by atoms with Gasteiger partial charge in [0.05, 0.1) is 18.7 Å². The van der Waals surface area contributed by atoms with Crippen molar-refractivity contribution in [2.75, 3.05) is 7.11 Å². The number of nitrogens with one attached hydrogen (secondary N) is 2. The van der Waals surface area contributed by atoms with E-state index >= 15 is 0 Å². The van der Waals surface area contributed by atoms with Gasteiger partial charge in [-0.1, -0.05) is 26.0 Å². The minimum Gasteiger partial charge on any atom is -0.465 e. The summed E-state index contributed by atoms with van der Waals surface area (Å²) < 4.78 is 10.2. The molecule has 0 saturated carbocycles. The zero-order chi connectivity index (χ0) is 18.1. The average molecular weight is 338 g/mol. The Hall–Kier alpha value is -3.14. The molecule has 0 bridgehead atoms. The van der Waals surface area contributed by atoms with Crippen LogP contribution in [-0.2, 0) is 4.74 Å². The molecule has 2 atom stereocenters. The lowest BCUT2D eigenvalue weighted by Gasteiger charge is -2.28. The minimum absolute atomic E-state index is 0.126. The van der Waals surface area contributed by atoms with Crippen molar-refractivity contribution in [3.05, 3.63) is 46.6 Å². The summed E-state index contributed by atoms with van der Waals surface area (Å²) in [7, 11) is 1.33. The highest BCUT2D eigenvalue weighted by molar-refractivity contribution is 5.89. The zero-order valence-electron chi connectivity index (χ0n) is 14.2. The Balaban J connectivity index is 2.12. The van der Waals surface area contributed by atoms with Crippen LogP contribution < -0.4 is 4.74 Å². The monoisotopic (exact) mass is 338 g/mol. The molecule has 2 unspecified atom stereocenters. The second kappa shape index (κ2) is 6.40. The predicted molar refractivity (Wildman–Crippen MR) is 89.8 cm³/mol. The molecule has 1 aromatic heterocycles. The van der Waals surface area contributed by atoms with E-state index in [0.29, 0.717) is 11.4 Å². The van der Waals surface area contributed by atoms with Crippen LogP contribution in [0, 0.1) is 22.7 Å². The summed E-state index contributed by atoms with van der Waals surface area (Å²) in [6.45, 7) is 4.04. The maximum absolute atomic E-state index is 11.6. The molecule has 3 rings (SSSR count). The highest BCUT2D eigenvalue weighted by atomic mass is 16.5. The molecule has 0 saturated heterocycles. The summed E-state index contributed by atoms with van der Waals surface area (Å²) in [4.78, 5) is 11.6. The quantitative estimate of drug-likeness (QED) is 0.836. The van der Waals surface area contributed by atoms with E-state index in [2.05, 4.69) is 16.3 Å². The average Bonchev–Trinajstić information content (AvgIpc) is 3.03. The molecule has 2 heterocycles. The molecule has 7 heteroatoms. The standard InChI is InChI=1S/C18H18N4O3/c1-9(2)15-14-13(10-4-6-11(7-5-10)18(23)24-3)12(8-19)16(20)25-17(14)22-21-15/h4-7,9,12-13,20H,1-3H3,(H,21,22). The van der Waals surface area contributed by atoms with Gasteiger partial charge < -0.3 is 9.47 Å². The van der Waals surface area contributed by atoms with Gasteiger partial charge in [0, 0.05) is 17.2 Å². The lowest BCUT2D eigenvalue weighted by atomic mass is 9.78. The van der Waals surface area contributed by atoms with E-state index in [1.165, 1.54) is 7.11 Å². The van der Waals surface area contributed by atoms with Crippen LogP contribution in [0.3, 0.4) is 0 Å². The van der Waals surface area contributed by atoms with Gasteiger partial charge in [0.2, 0.25) is 11.8 Å². The molecule has 0 amide bonds.